The molecule has 6 nitrogen and oxygen atoms in total. The van der Waals surface area contributed by atoms with E-state index in [0.717, 1.165) is 30.6 Å². The molecule has 0 bridgehead atoms. The summed E-state index contributed by atoms with van der Waals surface area (Å²) in [6.07, 6.45) is 8.37. The Morgan fingerprint density at radius 1 is 1.19 bits per heavy atom. The van der Waals surface area contributed by atoms with Crippen LogP contribution in [0.25, 0.3) is 5.65 Å². The molecule has 1 aliphatic rings. The van der Waals surface area contributed by atoms with E-state index in [1.165, 1.54) is 19.3 Å². The van der Waals surface area contributed by atoms with E-state index >= 15 is 0 Å². The maximum atomic E-state index is 11.3. The van der Waals surface area contributed by atoms with E-state index in [1.54, 1.807) is 10.7 Å². The topological polar surface area (TPSA) is 71.3 Å². The van der Waals surface area contributed by atoms with Gasteiger partial charge in [0.05, 0.1) is 11.8 Å². The van der Waals surface area contributed by atoms with Gasteiger partial charge < -0.3 is 10.6 Å². The van der Waals surface area contributed by atoms with Gasteiger partial charge in [0.15, 0.2) is 11.9 Å². The molecule has 0 unspecified atom stereocenters. The molecule has 2 N–H and O–H groups in total. The van der Waals surface area contributed by atoms with Crippen molar-refractivity contribution in [1.82, 2.24) is 14.6 Å². The van der Waals surface area contributed by atoms with Crippen molar-refractivity contribution in [3.8, 4) is 0 Å². The molecular weight excluding hydrogens is 350 g/mol. The first-order chi connectivity index (χ1) is 12.7. The molecule has 0 amide bonds. The van der Waals surface area contributed by atoms with Crippen molar-refractivity contribution in [2.24, 2.45) is 0 Å². The summed E-state index contributed by atoms with van der Waals surface area (Å²) in [6, 6.07) is 9.78. The van der Waals surface area contributed by atoms with Crippen LogP contribution in [0.2, 0.25) is 5.02 Å². The first-order valence-electron chi connectivity index (χ1n) is 8.86. The predicted octanol–water partition coefficient (Wildman–Crippen LogP) is 4.68. The summed E-state index contributed by atoms with van der Waals surface area (Å²) in [7, 11) is 0. The summed E-state index contributed by atoms with van der Waals surface area (Å²) in [5, 5.41) is 11.8. The highest BCUT2D eigenvalue weighted by Crippen LogP contribution is 2.26. The van der Waals surface area contributed by atoms with E-state index in [9.17, 15) is 4.79 Å². The summed E-state index contributed by atoms with van der Waals surface area (Å²) in [5.41, 5.74) is 1.84. The number of aromatic nitrogens is 3. The molecule has 2 aromatic heterocycles. The number of hydrogen-bond donors (Lipinski definition) is 2. The Morgan fingerprint density at radius 3 is 2.81 bits per heavy atom. The molecule has 3 aromatic rings. The third-order valence-corrected chi connectivity index (χ3v) is 4.92. The fraction of sp³-hybridized carbons (Fsp3) is 0.316. The number of rotatable bonds is 5. The average molecular weight is 370 g/mol. The molecule has 4 rings (SSSR count). The van der Waals surface area contributed by atoms with Gasteiger partial charge >= 0.3 is 0 Å². The number of carbonyl (C=O) groups is 1. The van der Waals surface area contributed by atoms with Crippen molar-refractivity contribution >= 4 is 40.9 Å². The van der Waals surface area contributed by atoms with Crippen molar-refractivity contribution in [2.45, 2.75) is 38.1 Å². The van der Waals surface area contributed by atoms with Crippen molar-refractivity contribution in [1.29, 1.82) is 0 Å². The summed E-state index contributed by atoms with van der Waals surface area (Å²) in [5.74, 6) is 1.47. The Hall–Kier alpha value is -2.60. The van der Waals surface area contributed by atoms with Gasteiger partial charge in [-0.25, -0.2) is 4.98 Å². The number of fused-ring (bicyclic) bond motifs is 1. The smallest absolute Gasteiger partial charge is 0.170 e. The summed E-state index contributed by atoms with van der Waals surface area (Å²) >= 11 is 6.06. The quantitative estimate of drug-likeness (QED) is 0.639. The highest BCUT2D eigenvalue weighted by atomic mass is 35.5. The minimum Gasteiger partial charge on any atom is -0.367 e. The van der Waals surface area contributed by atoms with Crippen LogP contribution in [-0.4, -0.2) is 26.9 Å². The van der Waals surface area contributed by atoms with Crippen LogP contribution in [0.4, 0.5) is 17.3 Å². The van der Waals surface area contributed by atoms with E-state index < -0.39 is 0 Å². The monoisotopic (exact) mass is 369 g/mol. The highest BCUT2D eigenvalue weighted by Gasteiger charge is 2.17. The van der Waals surface area contributed by atoms with Gasteiger partial charge in [-0.2, -0.15) is 9.61 Å². The SMILES string of the molecule is O=Cc1cnn2c(NC3CCCCC3)cc(Nc3cccc(Cl)c3)nc12. The Bertz CT molecular complexity index is 933. The number of carbonyl (C=O) groups excluding carboxylic acids is 1. The van der Waals surface area contributed by atoms with E-state index in [-0.39, 0.29) is 0 Å². The van der Waals surface area contributed by atoms with Gasteiger partial charge in [-0.1, -0.05) is 36.9 Å². The number of aldehydes is 1. The number of anilines is 3. The molecule has 2 heterocycles. The maximum absolute atomic E-state index is 11.3. The zero-order valence-corrected chi connectivity index (χ0v) is 15.0. The van der Waals surface area contributed by atoms with Gasteiger partial charge in [0.1, 0.15) is 11.6 Å². The Labute approximate surface area is 156 Å². The van der Waals surface area contributed by atoms with Crippen molar-refractivity contribution < 1.29 is 4.79 Å². The fourth-order valence-corrected chi connectivity index (χ4v) is 3.59. The second-order valence-electron chi connectivity index (χ2n) is 6.59. The average Bonchev–Trinajstić information content (AvgIpc) is 3.06. The molecule has 1 aliphatic carbocycles. The van der Waals surface area contributed by atoms with Gasteiger partial charge in [-0.15, -0.1) is 0 Å². The molecule has 0 saturated heterocycles. The molecular formula is C19H20ClN5O. The van der Waals surface area contributed by atoms with Crippen LogP contribution in [0.5, 0.6) is 0 Å². The summed E-state index contributed by atoms with van der Waals surface area (Å²) < 4.78 is 1.70. The molecule has 1 aromatic carbocycles. The third kappa shape index (κ3) is 3.51. The van der Waals surface area contributed by atoms with E-state index in [1.807, 2.05) is 30.3 Å². The predicted molar refractivity (Wildman–Crippen MR) is 104 cm³/mol. The zero-order valence-electron chi connectivity index (χ0n) is 14.3. The molecule has 0 atom stereocenters. The first-order valence-corrected chi connectivity index (χ1v) is 9.24. The molecule has 1 fully saturated rings. The van der Waals surface area contributed by atoms with Gasteiger partial charge in [-0.3, -0.25) is 4.79 Å². The number of nitrogens with zero attached hydrogens (tertiary/aromatic N) is 3. The Kier molecular flexibility index (Phi) is 4.75. The fourth-order valence-electron chi connectivity index (χ4n) is 3.40. The summed E-state index contributed by atoms with van der Waals surface area (Å²) in [6.45, 7) is 0. The molecule has 0 spiro atoms. The molecule has 0 radical (unpaired) electrons. The van der Waals surface area contributed by atoms with Gasteiger partial charge in [0, 0.05) is 22.8 Å². The number of benzene rings is 1. The molecule has 26 heavy (non-hydrogen) atoms. The molecule has 134 valence electrons. The standard InChI is InChI=1S/C19H20ClN5O/c20-14-5-4-8-16(9-14)22-17-10-18(23-15-6-2-1-3-7-15)25-19(24-17)13(12-26)11-21-25/h4-5,8-12,15,23H,1-3,6-7H2,(H,22,24). The van der Waals surface area contributed by atoms with E-state index in [0.29, 0.717) is 28.1 Å². The van der Waals surface area contributed by atoms with Crippen LogP contribution >= 0.6 is 11.6 Å². The number of hydrogen-bond acceptors (Lipinski definition) is 5. The van der Waals surface area contributed by atoms with E-state index in [4.69, 9.17) is 11.6 Å². The largest absolute Gasteiger partial charge is 0.367 e. The van der Waals surface area contributed by atoms with Crippen molar-refractivity contribution in [2.75, 3.05) is 10.6 Å². The third-order valence-electron chi connectivity index (χ3n) is 4.68. The van der Waals surface area contributed by atoms with Crippen LogP contribution < -0.4 is 10.6 Å². The van der Waals surface area contributed by atoms with Gasteiger partial charge in [0.2, 0.25) is 0 Å². The zero-order chi connectivity index (χ0) is 17.9. The van der Waals surface area contributed by atoms with Crippen LogP contribution in [-0.2, 0) is 0 Å². The van der Waals surface area contributed by atoms with Crippen LogP contribution in [0.1, 0.15) is 42.5 Å². The van der Waals surface area contributed by atoms with E-state index in [2.05, 4.69) is 20.7 Å². The number of halogens is 1. The van der Waals surface area contributed by atoms with Crippen LogP contribution in [0, 0.1) is 0 Å². The minimum atomic E-state index is 0.414. The second kappa shape index (κ2) is 7.33. The highest BCUT2D eigenvalue weighted by molar-refractivity contribution is 6.30. The van der Waals surface area contributed by atoms with Crippen LogP contribution in [0.15, 0.2) is 36.5 Å². The van der Waals surface area contributed by atoms with Crippen LogP contribution in [0.3, 0.4) is 0 Å². The Balaban J connectivity index is 1.71. The number of nitrogens with one attached hydrogen (secondary N) is 2. The first kappa shape index (κ1) is 16.8. The minimum absolute atomic E-state index is 0.414. The Morgan fingerprint density at radius 2 is 2.04 bits per heavy atom. The van der Waals surface area contributed by atoms with Gasteiger partial charge in [-0.05, 0) is 31.0 Å². The normalized spacial score (nSPS) is 15.1. The van der Waals surface area contributed by atoms with Crippen molar-refractivity contribution in [3.05, 3.63) is 47.1 Å². The lowest BCUT2D eigenvalue weighted by atomic mass is 9.95. The lowest BCUT2D eigenvalue weighted by Crippen LogP contribution is -2.24. The molecule has 0 aliphatic heterocycles. The second-order valence-corrected chi connectivity index (χ2v) is 7.03. The maximum Gasteiger partial charge on any atom is 0.170 e. The molecule has 7 heteroatoms. The summed E-state index contributed by atoms with van der Waals surface area (Å²) in [4.78, 5) is 15.9. The van der Waals surface area contributed by atoms with Gasteiger partial charge in [0.25, 0.3) is 0 Å². The van der Waals surface area contributed by atoms with Crippen molar-refractivity contribution in [3.63, 3.8) is 0 Å². The molecule has 1 saturated carbocycles. The lowest BCUT2D eigenvalue weighted by molar-refractivity contribution is 0.112. The lowest BCUT2D eigenvalue weighted by Gasteiger charge is -2.24.